The maximum absolute atomic E-state index is 13.7. The largest absolute Gasteiger partial charge is 0.387 e. The molecule has 2 heterocycles. The van der Waals surface area contributed by atoms with Gasteiger partial charge in [0.1, 0.15) is 17.2 Å². The summed E-state index contributed by atoms with van der Waals surface area (Å²) < 4.78 is 15.7. The van der Waals surface area contributed by atoms with Crippen molar-refractivity contribution in [2.45, 2.75) is 32.2 Å². The summed E-state index contributed by atoms with van der Waals surface area (Å²) in [6.07, 6.45) is 3.85. The highest BCUT2D eigenvalue weighted by molar-refractivity contribution is 6.01. The van der Waals surface area contributed by atoms with Crippen LogP contribution < -0.4 is 5.73 Å². The number of nitrogens with zero attached hydrogens (tertiary/aromatic N) is 4. The van der Waals surface area contributed by atoms with E-state index >= 15 is 0 Å². The molecule has 0 fully saturated rings. The van der Waals surface area contributed by atoms with Crippen molar-refractivity contribution in [3.05, 3.63) is 53.6 Å². The van der Waals surface area contributed by atoms with Crippen LogP contribution in [-0.4, -0.2) is 26.1 Å². The minimum atomic E-state index is -0.229. The first-order valence-corrected chi connectivity index (χ1v) is 8.50. The van der Waals surface area contributed by atoms with Gasteiger partial charge < -0.3 is 15.7 Å². The van der Waals surface area contributed by atoms with Gasteiger partial charge in [0.2, 0.25) is 0 Å². The Morgan fingerprint density at radius 2 is 2.23 bits per heavy atom. The zero-order chi connectivity index (χ0) is 18.3. The van der Waals surface area contributed by atoms with Crippen LogP contribution >= 0.6 is 0 Å². The monoisotopic (exact) mass is 350 g/mol. The maximum atomic E-state index is 13.7. The van der Waals surface area contributed by atoms with Crippen molar-refractivity contribution in [3.8, 4) is 0 Å². The molecule has 3 N–H and O–H groups in total. The number of nitrogens with two attached hydrogens (primary N) is 1. The van der Waals surface area contributed by atoms with Gasteiger partial charge in [0.25, 0.3) is 0 Å². The molecule has 0 spiro atoms. The van der Waals surface area contributed by atoms with Crippen LogP contribution in [0.4, 0.5) is 10.2 Å². The topological polar surface area (TPSA) is 92.9 Å². The molecule has 3 aromatic rings. The van der Waals surface area contributed by atoms with Gasteiger partial charge in [-0.3, -0.25) is 0 Å². The number of hydrogen-bond donors (Lipinski definition) is 2. The normalized spacial score (nSPS) is 16.8. The van der Waals surface area contributed by atoms with Crippen LogP contribution in [0, 0.1) is 11.2 Å². The Labute approximate surface area is 150 Å². The molecular weight excluding hydrogens is 331 g/mol. The van der Waals surface area contributed by atoms with Crippen molar-refractivity contribution in [1.82, 2.24) is 14.5 Å². The number of hydrogen-bond acceptors (Lipinski definition) is 4. The summed E-state index contributed by atoms with van der Waals surface area (Å²) in [6.45, 7) is 1.69. The molecule has 0 radical (unpaired) electrons. The fraction of sp³-hybridized carbons (Fsp3) is 0.263. The zero-order valence-electron chi connectivity index (χ0n) is 14.4. The molecule has 0 amide bonds. The number of aromatic nitrogens is 3. The Morgan fingerprint density at radius 3 is 3.04 bits per heavy atom. The number of benzene rings is 1. The smallest absolute Gasteiger partial charge is 0.162 e. The standard InChI is InChI=1S/C19H19FN6/c1-11(21)8-17(22)24-18-7-5-15-19(25-18)26(10-23-15)16-6-3-12-2-4-13(20)9-14(12)16/h2,4-5,7,9-10,16,21H,3,6,8H2,1H3,(H2,22,24,25). The quantitative estimate of drug-likeness (QED) is 0.557. The van der Waals surface area contributed by atoms with E-state index in [4.69, 9.17) is 11.1 Å². The number of fused-ring (bicyclic) bond motifs is 2. The molecule has 1 aliphatic carbocycles. The second kappa shape index (κ2) is 6.33. The van der Waals surface area contributed by atoms with Crippen LogP contribution in [0.2, 0.25) is 0 Å². The van der Waals surface area contributed by atoms with Crippen LogP contribution in [0.15, 0.2) is 41.7 Å². The first-order valence-electron chi connectivity index (χ1n) is 8.50. The summed E-state index contributed by atoms with van der Waals surface area (Å²) in [7, 11) is 0. The van der Waals surface area contributed by atoms with Crippen LogP contribution in [0.5, 0.6) is 0 Å². The second-order valence-corrected chi connectivity index (χ2v) is 6.62. The Hall–Kier alpha value is -3.09. The minimum Gasteiger partial charge on any atom is -0.387 e. The highest BCUT2D eigenvalue weighted by Gasteiger charge is 2.26. The predicted octanol–water partition coefficient (Wildman–Crippen LogP) is 3.52. The average molecular weight is 350 g/mol. The number of pyridine rings is 1. The highest BCUT2D eigenvalue weighted by Crippen LogP contribution is 2.36. The van der Waals surface area contributed by atoms with Gasteiger partial charge in [-0.05, 0) is 55.2 Å². The lowest BCUT2D eigenvalue weighted by atomic mass is 10.1. The number of rotatable bonds is 4. The van der Waals surface area contributed by atoms with E-state index in [0.717, 1.165) is 29.5 Å². The third-order valence-corrected chi connectivity index (χ3v) is 4.60. The maximum Gasteiger partial charge on any atom is 0.162 e. The highest BCUT2D eigenvalue weighted by atomic mass is 19.1. The third kappa shape index (κ3) is 2.96. The molecule has 4 rings (SSSR count). The molecule has 132 valence electrons. The fourth-order valence-corrected chi connectivity index (χ4v) is 3.49. The number of imidazole rings is 1. The summed E-state index contributed by atoms with van der Waals surface area (Å²) in [5, 5.41) is 7.50. The van der Waals surface area contributed by atoms with Gasteiger partial charge in [-0.15, -0.1) is 0 Å². The molecule has 6 nitrogen and oxygen atoms in total. The average Bonchev–Trinajstić information content (AvgIpc) is 3.16. The van der Waals surface area contributed by atoms with Crippen LogP contribution in [-0.2, 0) is 6.42 Å². The van der Waals surface area contributed by atoms with Gasteiger partial charge >= 0.3 is 0 Å². The fourth-order valence-electron chi connectivity index (χ4n) is 3.49. The Morgan fingerprint density at radius 1 is 1.38 bits per heavy atom. The van der Waals surface area contributed by atoms with Crippen LogP contribution in [0.1, 0.15) is 36.9 Å². The summed E-state index contributed by atoms with van der Waals surface area (Å²) in [4.78, 5) is 13.3. The van der Waals surface area contributed by atoms with E-state index in [-0.39, 0.29) is 11.9 Å². The molecule has 2 aromatic heterocycles. The molecule has 7 heteroatoms. The first-order chi connectivity index (χ1) is 12.5. The van der Waals surface area contributed by atoms with Gasteiger partial charge in [0.05, 0.1) is 12.4 Å². The molecule has 1 aromatic carbocycles. The number of halogens is 1. The van der Waals surface area contributed by atoms with E-state index in [2.05, 4.69) is 15.0 Å². The lowest BCUT2D eigenvalue weighted by Gasteiger charge is -2.14. The van der Waals surface area contributed by atoms with E-state index in [1.54, 1.807) is 25.4 Å². The van der Waals surface area contributed by atoms with E-state index in [9.17, 15) is 4.39 Å². The van der Waals surface area contributed by atoms with E-state index in [1.165, 1.54) is 6.07 Å². The van der Waals surface area contributed by atoms with E-state index in [0.29, 0.717) is 29.4 Å². The SMILES string of the molecule is CC(=N)CC(N)=Nc1ccc2ncn(C3CCc4ccc(F)cc43)c2n1. The Bertz CT molecular complexity index is 1040. The first kappa shape index (κ1) is 16.4. The van der Waals surface area contributed by atoms with Gasteiger partial charge in [-0.2, -0.15) is 0 Å². The van der Waals surface area contributed by atoms with Crippen molar-refractivity contribution in [2.24, 2.45) is 10.7 Å². The molecular formula is C19H19FN6. The lowest BCUT2D eigenvalue weighted by molar-refractivity contribution is 0.582. The van der Waals surface area contributed by atoms with E-state index in [1.807, 2.05) is 16.7 Å². The molecule has 1 unspecified atom stereocenters. The molecule has 26 heavy (non-hydrogen) atoms. The summed E-state index contributed by atoms with van der Waals surface area (Å²) in [6, 6.07) is 8.59. The van der Waals surface area contributed by atoms with Crippen LogP contribution in [0.3, 0.4) is 0 Å². The van der Waals surface area contributed by atoms with Crippen molar-refractivity contribution in [2.75, 3.05) is 0 Å². The van der Waals surface area contributed by atoms with E-state index < -0.39 is 0 Å². The van der Waals surface area contributed by atoms with Crippen molar-refractivity contribution in [1.29, 1.82) is 5.41 Å². The molecule has 0 saturated heterocycles. The number of nitrogens with one attached hydrogen (secondary N) is 1. The van der Waals surface area contributed by atoms with Gasteiger partial charge in [0, 0.05) is 12.1 Å². The number of amidine groups is 1. The summed E-state index contributed by atoms with van der Waals surface area (Å²) in [5.41, 5.74) is 9.93. The van der Waals surface area contributed by atoms with Crippen molar-refractivity contribution in [3.63, 3.8) is 0 Å². The molecule has 1 atom stereocenters. The summed E-state index contributed by atoms with van der Waals surface area (Å²) in [5.74, 6) is 0.604. The van der Waals surface area contributed by atoms with Gasteiger partial charge in [-0.25, -0.2) is 19.4 Å². The van der Waals surface area contributed by atoms with Crippen molar-refractivity contribution < 1.29 is 4.39 Å². The summed E-state index contributed by atoms with van der Waals surface area (Å²) >= 11 is 0. The molecule has 0 saturated carbocycles. The molecule has 0 bridgehead atoms. The second-order valence-electron chi connectivity index (χ2n) is 6.62. The lowest BCUT2D eigenvalue weighted by Crippen LogP contribution is -2.14. The minimum absolute atomic E-state index is 0.0126. The predicted molar refractivity (Wildman–Crippen MR) is 99.7 cm³/mol. The molecule has 0 aliphatic heterocycles. The number of aryl methyl sites for hydroxylation is 1. The zero-order valence-corrected chi connectivity index (χ0v) is 14.4. The molecule has 1 aliphatic rings. The van der Waals surface area contributed by atoms with Gasteiger partial charge in [-0.1, -0.05) is 6.07 Å². The third-order valence-electron chi connectivity index (χ3n) is 4.60. The Balaban J connectivity index is 1.75. The van der Waals surface area contributed by atoms with Gasteiger partial charge in [0.15, 0.2) is 11.5 Å². The Kier molecular flexibility index (Phi) is 3.99. The number of aliphatic imine (C=N–C) groups is 1. The van der Waals surface area contributed by atoms with Crippen molar-refractivity contribution >= 4 is 28.5 Å². The van der Waals surface area contributed by atoms with Crippen LogP contribution in [0.25, 0.3) is 11.2 Å².